The van der Waals surface area contributed by atoms with Crippen molar-refractivity contribution in [1.82, 2.24) is 0 Å². The number of esters is 4. The van der Waals surface area contributed by atoms with E-state index >= 15 is 0 Å². The Hall–Kier alpha value is -2.28. The fourth-order valence-corrected chi connectivity index (χ4v) is 7.18. The molecule has 3 fully saturated rings. The lowest BCUT2D eigenvalue weighted by atomic mass is 10.0. The van der Waals surface area contributed by atoms with Gasteiger partial charge >= 0.3 is 23.9 Å². The molecule has 52 heavy (non-hydrogen) atoms. The fourth-order valence-electron chi connectivity index (χ4n) is 7.18. The molecule has 0 amide bonds. The summed E-state index contributed by atoms with van der Waals surface area (Å²) < 4.78 is 45.8. The second-order valence-electron chi connectivity index (χ2n) is 15.5. The van der Waals surface area contributed by atoms with E-state index in [0.717, 1.165) is 128 Å². The molecule has 3 rings (SSSR count). The van der Waals surface area contributed by atoms with Crippen LogP contribution in [0.15, 0.2) is 0 Å². The van der Waals surface area contributed by atoms with Gasteiger partial charge in [0, 0.05) is 0 Å². The maximum atomic E-state index is 12.1. The zero-order valence-corrected chi connectivity index (χ0v) is 32.6. The van der Waals surface area contributed by atoms with E-state index < -0.39 is 35.5 Å². The van der Waals surface area contributed by atoms with Crippen molar-refractivity contribution in [2.24, 2.45) is 0 Å². The smallest absolute Gasteiger partial charge is 0.317 e. The molecule has 3 saturated heterocycles. The number of rotatable bonds is 0. The Morgan fingerprint density at radius 2 is 0.558 bits per heavy atom. The Bertz CT molecular complexity index is 901. The Morgan fingerprint density at radius 1 is 0.346 bits per heavy atom. The maximum Gasteiger partial charge on any atom is 0.317 e. The van der Waals surface area contributed by atoms with E-state index in [2.05, 4.69) is 0 Å². The Morgan fingerprint density at radius 3 is 0.788 bits per heavy atom. The van der Waals surface area contributed by atoms with Crippen molar-refractivity contribution in [2.45, 2.75) is 205 Å². The third kappa shape index (κ3) is 19.2. The van der Waals surface area contributed by atoms with Crippen LogP contribution in [0.4, 0.5) is 0 Å². The van der Waals surface area contributed by atoms with Crippen LogP contribution in [0.2, 0.25) is 0 Å². The molecule has 12 heteroatoms. The second-order valence-corrected chi connectivity index (χ2v) is 15.5. The first kappa shape index (κ1) is 44.1. The quantitative estimate of drug-likeness (QED) is 0.136. The normalized spacial score (nSPS) is 30.2. The molecule has 4 atom stereocenters. The molecule has 3 aliphatic rings. The summed E-state index contributed by atoms with van der Waals surface area (Å²) in [5, 5.41) is 0. The first-order valence-corrected chi connectivity index (χ1v) is 20.3. The molecule has 0 aromatic heterocycles. The van der Waals surface area contributed by atoms with Crippen molar-refractivity contribution in [3.8, 4) is 0 Å². The second kappa shape index (κ2) is 24.2. The first-order chi connectivity index (χ1) is 24.9. The van der Waals surface area contributed by atoms with Crippen LogP contribution >= 0.6 is 0 Å². The van der Waals surface area contributed by atoms with Gasteiger partial charge in [-0.25, -0.2) is 0 Å². The van der Waals surface area contributed by atoms with E-state index in [1.165, 1.54) is 0 Å². The topological polar surface area (TPSA) is 142 Å². The van der Waals surface area contributed by atoms with E-state index in [9.17, 15) is 19.2 Å². The van der Waals surface area contributed by atoms with Crippen LogP contribution in [-0.2, 0) is 57.1 Å². The Kier molecular flexibility index (Phi) is 20.5. The zero-order chi connectivity index (χ0) is 37.7. The van der Waals surface area contributed by atoms with Gasteiger partial charge < -0.3 is 37.9 Å². The van der Waals surface area contributed by atoms with Crippen molar-refractivity contribution < 1.29 is 57.1 Å². The number of carbonyl (C=O) groups excluding carboxylic acids is 4. The molecule has 12 nitrogen and oxygen atoms in total. The molecule has 0 aromatic carbocycles. The number of ether oxygens (including phenoxy) is 8. The highest BCUT2D eigenvalue weighted by molar-refractivity contribution is 5.91. The molecule has 0 radical (unpaired) electrons. The number of fused-ring (bicyclic) bond motifs is 2. The zero-order valence-electron chi connectivity index (χ0n) is 32.6. The van der Waals surface area contributed by atoms with Gasteiger partial charge in [0.2, 0.25) is 0 Å². The Balaban J connectivity index is 1.39. The van der Waals surface area contributed by atoms with Crippen LogP contribution < -0.4 is 0 Å². The average Bonchev–Trinajstić information content (AvgIpc) is 3.54. The van der Waals surface area contributed by atoms with Gasteiger partial charge in [0.25, 0.3) is 0 Å². The van der Waals surface area contributed by atoms with E-state index in [-0.39, 0.29) is 37.3 Å². The van der Waals surface area contributed by atoms with E-state index in [0.29, 0.717) is 26.4 Å². The summed E-state index contributed by atoms with van der Waals surface area (Å²) in [5.74, 6) is -3.36. The minimum absolute atomic E-state index is 0.0439. The molecule has 0 bridgehead atoms. The van der Waals surface area contributed by atoms with Gasteiger partial charge in [-0.15, -0.1) is 0 Å². The monoisotopic (exact) mass is 740 g/mol. The SMILES string of the molecule is CC1(C)O[C@H]2CCCCCCOC(=O)CC(=O)OCCCCCC[C@@H]3OC(C)(C)O[C@H]3CCCCCCOC(=O)CC(=O)OCCCCCC[C@@H]2O1. The number of carbonyl (C=O) groups is 4. The molecule has 0 N–H and O–H groups in total. The predicted molar refractivity (Wildman–Crippen MR) is 193 cm³/mol. The van der Waals surface area contributed by atoms with Gasteiger partial charge in [-0.2, -0.15) is 0 Å². The van der Waals surface area contributed by atoms with Gasteiger partial charge in [-0.05, 0) is 79.1 Å². The predicted octanol–water partition coefficient (Wildman–Crippen LogP) is 7.80. The molecule has 0 unspecified atom stereocenters. The molecule has 0 spiro atoms. The third-order valence-corrected chi connectivity index (χ3v) is 9.73. The molecule has 0 aromatic rings. The third-order valence-electron chi connectivity index (χ3n) is 9.73. The summed E-state index contributed by atoms with van der Waals surface area (Å²) in [6.07, 6.45) is 17.6. The van der Waals surface area contributed by atoms with Crippen molar-refractivity contribution >= 4 is 23.9 Å². The summed E-state index contributed by atoms with van der Waals surface area (Å²) in [5.41, 5.74) is 0. The van der Waals surface area contributed by atoms with Crippen molar-refractivity contribution in [3.05, 3.63) is 0 Å². The van der Waals surface area contributed by atoms with Crippen LogP contribution in [0.25, 0.3) is 0 Å². The Labute approximate surface area is 312 Å². The van der Waals surface area contributed by atoms with Gasteiger partial charge in [-0.3, -0.25) is 19.2 Å². The van der Waals surface area contributed by atoms with Crippen LogP contribution in [0.3, 0.4) is 0 Å². The number of hydrogen-bond acceptors (Lipinski definition) is 12. The molecule has 0 saturated carbocycles. The van der Waals surface area contributed by atoms with Crippen LogP contribution in [0.1, 0.15) is 169 Å². The van der Waals surface area contributed by atoms with Gasteiger partial charge in [0.05, 0.1) is 50.8 Å². The number of cyclic esters (lactones) is 4. The lowest BCUT2D eigenvalue weighted by Gasteiger charge is -2.16. The lowest BCUT2D eigenvalue weighted by Crippen LogP contribution is -2.22. The lowest BCUT2D eigenvalue weighted by molar-refractivity contribution is -0.156. The number of hydrogen-bond donors (Lipinski definition) is 0. The van der Waals surface area contributed by atoms with E-state index in [1.54, 1.807) is 0 Å². The van der Waals surface area contributed by atoms with Crippen molar-refractivity contribution in [1.29, 1.82) is 0 Å². The molecular weight excluding hydrogens is 672 g/mol. The van der Waals surface area contributed by atoms with Crippen molar-refractivity contribution in [2.75, 3.05) is 26.4 Å². The summed E-state index contributed by atoms with van der Waals surface area (Å²) in [4.78, 5) is 48.4. The largest absolute Gasteiger partial charge is 0.465 e. The molecule has 3 heterocycles. The van der Waals surface area contributed by atoms with Crippen LogP contribution in [-0.4, -0.2) is 86.3 Å². The minimum atomic E-state index is -0.602. The summed E-state index contributed by atoms with van der Waals surface area (Å²) in [6.45, 7) is 8.99. The first-order valence-electron chi connectivity index (χ1n) is 20.3. The van der Waals surface area contributed by atoms with Gasteiger partial charge in [0.1, 0.15) is 12.8 Å². The highest BCUT2D eigenvalue weighted by Crippen LogP contribution is 2.35. The van der Waals surface area contributed by atoms with Gasteiger partial charge in [0.15, 0.2) is 11.6 Å². The van der Waals surface area contributed by atoms with E-state index in [4.69, 9.17) is 37.9 Å². The fraction of sp³-hybridized carbons (Fsp3) is 0.900. The summed E-state index contributed by atoms with van der Waals surface area (Å²) in [7, 11) is 0. The molecular formula is C40H68O12. The van der Waals surface area contributed by atoms with Crippen molar-refractivity contribution in [3.63, 3.8) is 0 Å². The highest BCUT2D eigenvalue weighted by atomic mass is 16.8. The molecule has 3 aliphatic heterocycles. The van der Waals surface area contributed by atoms with Crippen LogP contribution in [0, 0.1) is 0 Å². The molecule has 300 valence electrons. The van der Waals surface area contributed by atoms with Crippen LogP contribution in [0.5, 0.6) is 0 Å². The summed E-state index contributed by atoms with van der Waals surface area (Å²) >= 11 is 0. The maximum absolute atomic E-state index is 12.1. The summed E-state index contributed by atoms with van der Waals surface area (Å²) in [6, 6.07) is 0. The van der Waals surface area contributed by atoms with Gasteiger partial charge in [-0.1, -0.05) is 77.0 Å². The average molecular weight is 741 g/mol. The molecule has 0 aliphatic carbocycles. The minimum Gasteiger partial charge on any atom is -0.465 e. The van der Waals surface area contributed by atoms with E-state index in [1.807, 2.05) is 27.7 Å². The highest BCUT2D eigenvalue weighted by Gasteiger charge is 2.41. The standard InChI is InChI=1S/C40H68O12/c1-39(2)49-31-21-13-5-9-17-25-45-35(41)29-37(43)47-27-19-11-7-15-23-33-34(52-40(3,4)51-33)24-16-8-12-20-28-48-38(44)30-36(42)46-26-18-10-6-14-22-32(31)50-39/h31-34H,5-30H2,1-4H3/t31-,32-,33-,34-/m0/s1.